The first-order valence-corrected chi connectivity index (χ1v) is 8.19. The Hall–Kier alpha value is -2.15. The van der Waals surface area contributed by atoms with Gasteiger partial charge >= 0.3 is 0 Å². The molecule has 0 bridgehead atoms. The zero-order chi connectivity index (χ0) is 16.2. The van der Waals surface area contributed by atoms with E-state index in [4.69, 9.17) is 4.74 Å². The molecule has 2 aromatic rings. The zero-order valence-electron chi connectivity index (χ0n) is 12.4. The van der Waals surface area contributed by atoms with E-state index in [0.717, 1.165) is 42.0 Å². The van der Waals surface area contributed by atoms with Crippen LogP contribution < -0.4 is 9.64 Å². The molecule has 0 spiro atoms. The summed E-state index contributed by atoms with van der Waals surface area (Å²) in [6.45, 7) is 1.65. The van der Waals surface area contributed by atoms with Crippen LogP contribution in [0.3, 0.4) is 0 Å². The standard InChI is InChI=1S/C16H16BrN3O3/c17-12-2-1-3-15(10-12)23-14-6-8-19(9-7-14)16-5-4-13(11-18-16)20(21)22/h1-5,10-11,14H,6-9H2. The van der Waals surface area contributed by atoms with Gasteiger partial charge in [0.05, 0.1) is 4.92 Å². The molecule has 7 heteroatoms. The van der Waals surface area contributed by atoms with Gasteiger partial charge in [0.2, 0.25) is 0 Å². The van der Waals surface area contributed by atoms with E-state index in [2.05, 4.69) is 25.8 Å². The lowest BCUT2D eigenvalue weighted by Crippen LogP contribution is -2.38. The third-order valence-corrected chi connectivity index (χ3v) is 4.30. The van der Waals surface area contributed by atoms with E-state index >= 15 is 0 Å². The molecule has 3 rings (SSSR count). The summed E-state index contributed by atoms with van der Waals surface area (Å²) in [5.41, 5.74) is 0.0154. The normalized spacial score (nSPS) is 15.4. The summed E-state index contributed by atoms with van der Waals surface area (Å²) < 4.78 is 7.01. The highest BCUT2D eigenvalue weighted by Crippen LogP contribution is 2.24. The number of anilines is 1. The number of nitrogens with zero attached hydrogens (tertiary/aromatic N) is 3. The van der Waals surface area contributed by atoms with Gasteiger partial charge in [-0.15, -0.1) is 0 Å². The number of nitro groups is 1. The van der Waals surface area contributed by atoms with Gasteiger partial charge in [-0.1, -0.05) is 22.0 Å². The molecule has 0 unspecified atom stereocenters. The molecule has 1 saturated heterocycles. The fraction of sp³-hybridized carbons (Fsp3) is 0.312. The lowest BCUT2D eigenvalue weighted by atomic mass is 10.1. The minimum absolute atomic E-state index is 0.0154. The Labute approximate surface area is 142 Å². The van der Waals surface area contributed by atoms with Crippen LogP contribution in [0.15, 0.2) is 47.1 Å². The van der Waals surface area contributed by atoms with Gasteiger partial charge in [0.1, 0.15) is 23.9 Å². The Morgan fingerprint density at radius 3 is 2.65 bits per heavy atom. The SMILES string of the molecule is O=[N+]([O-])c1ccc(N2CCC(Oc3cccc(Br)c3)CC2)nc1. The van der Waals surface area contributed by atoms with E-state index < -0.39 is 4.92 Å². The number of pyridine rings is 1. The Morgan fingerprint density at radius 1 is 1.26 bits per heavy atom. The van der Waals surface area contributed by atoms with E-state index in [0.29, 0.717) is 0 Å². The third-order valence-electron chi connectivity index (χ3n) is 3.81. The van der Waals surface area contributed by atoms with Crippen LogP contribution in [0, 0.1) is 10.1 Å². The molecular formula is C16H16BrN3O3. The predicted octanol–water partition coefficient (Wildman–Crippen LogP) is 3.80. The summed E-state index contributed by atoms with van der Waals surface area (Å²) in [5.74, 6) is 1.64. The van der Waals surface area contributed by atoms with Crippen molar-refractivity contribution in [3.63, 3.8) is 0 Å². The van der Waals surface area contributed by atoms with Crippen LogP contribution in [-0.2, 0) is 0 Å². The van der Waals surface area contributed by atoms with E-state index in [1.165, 1.54) is 12.3 Å². The average molecular weight is 378 g/mol. The summed E-state index contributed by atoms with van der Waals surface area (Å²) >= 11 is 3.44. The molecule has 0 aliphatic carbocycles. The predicted molar refractivity (Wildman–Crippen MR) is 90.9 cm³/mol. The second kappa shape index (κ2) is 6.95. The molecule has 0 saturated carbocycles. The maximum Gasteiger partial charge on any atom is 0.287 e. The quantitative estimate of drug-likeness (QED) is 0.598. The average Bonchev–Trinajstić information content (AvgIpc) is 2.56. The fourth-order valence-electron chi connectivity index (χ4n) is 2.61. The van der Waals surface area contributed by atoms with Gasteiger partial charge in [-0.25, -0.2) is 4.98 Å². The Kier molecular flexibility index (Phi) is 4.76. The smallest absolute Gasteiger partial charge is 0.287 e. The van der Waals surface area contributed by atoms with Crippen molar-refractivity contribution >= 4 is 27.4 Å². The van der Waals surface area contributed by atoms with E-state index in [1.807, 2.05) is 24.3 Å². The molecule has 1 fully saturated rings. The van der Waals surface area contributed by atoms with Crippen molar-refractivity contribution in [2.45, 2.75) is 18.9 Å². The van der Waals surface area contributed by atoms with Crippen molar-refractivity contribution < 1.29 is 9.66 Å². The molecule has 120 valence electrons. The van der Waals surface area contributed by atoms with E-state index in [-0.39, 0.29) is 11.8 Å². The van der Waals surface area contributed by atoms with Crippen molar-refractivity contribution in [3.8, 4) is 5.75 Å². The summed E-state index contributed by atoms with van der Waals surface area (Å²) in [4.78, 5) is 16.5. The van der Waals surface area contributed by atoms with Crippen molar-refractivity contribution in [2.24, 2.45) is 0 Å². The number of piperidine rings is 1. The second-order valence-corrected chi connectivity index (χ2v) is 6.31. The number of hydrogen-bond acceptors (Lipinski definition) is 5. The molecule has 0 radical (unpaired) electrons. The molecule has 23 heavy (non-hydrogen) atoms. The first-order chi connectivity index (χ1) is 11.1. The van der Waals surface area contributed by atoms with Crippen LogP contribution >= 0.6 is 15.9 Å². The van der Waals surface area contributed by atoms with Crippen LogP contribution in [0.1, 0.15) is 12.8 Å². The molecule has 6 nitrogen and oxygen atoms in total. The zero-order valence-corrected chi connectivity index (χ0v) is 14.0. The highest BCUT2D eigenvalue weighted by molar-refractivity contribution is 9.10. The molecule has 1 aliphatic rings. The van der Waals surface area contributed by atoms with Gasteiger partial charge in [0.15, 0.2) is 0 Å². The number of hydrogen-bond donors (Lipinski definition) is 0. The fourth-order valence-corrected chi connectivity index (χ4v) is 2.99. The molecule has 1 aliphatic heterocycles. The van der Waals surface area contributed by atoms with Crippen LogP contribution in [-0.4, -0.2) is 29.1 Å². The summed E-state index contributed by atoms with van der Waals surface area (Å²) in [6, 6.07) is 11.0. The van der Waals surface area contributed by atoms with Gasteiger partial charge in [-0.3, -0.25) is 10.1 Å². The number of halogens is 1. The largest absolute Gasteiger partial charge is 0.490 e. The van der Waals surface area contributed by atoms with Crippen molar-refractivity contribution in [2.75, 3.05) is 18.0 Å². The highest BCUT2D eigenvalue weighted by atomic mass is 79.9. The minimum Gasteiger partial charge on any atom is -0.490 e. The summed E-state index contributed by atoms with van der Waals surface area (Å²) in [6.07, 6.45) is 3.27. The second-order valence-electron chi connectivity index (χ2n) is 5.39. The molecule has 0 amide bonds. The summed E-state index contributed by atoms with van der Waals surface area (Å²) in [7, 11) is 0. The Morgan fingerprint density at radius 2 is 2.04 bits per heavy atom. The molecular weight excluding hydrogens is 362 g/mol. The van der Waals surface area contributed by atoms with Gasteiger partial charge in [0, 0.05) is 36.5 Å². The summed E-state index contributed by atoms with van der Waals surface area (Å²) in [5, 5.41) is 10.7. The Balaban J connectivity index is 1.56. The van der Waals surface area contributed by atoms with Gasteiger partial charge in [0.25, 0.3) is 5.69 Å². The van der Waals surface area contributed by atoms with E-state index in [9.17, 15) is 10.1 Å². The lowest BCUT2D eigenvalue weighted by molar-refractivity contribution is -0.385. The number of aromatic nitrogens is 1. The van der Waals surface area contributed by atoms with Crippen molar-refractivity contribution in [1.82, 2.24) is 4.98 Å². The van der Waals surface area contributed by atoms with E-state index in [1.54, 1.807) is 6.07 Å². The molecule has 1 aromatic heterocycles. The first kappa shape index (κ1) is 15.7. The molecule has 2 heterocycles. The van der Waals surface area contributed by atoms with Gasteiger partial charge in [-0.05, 0) is 24.3 Å². The van der Waals surface area contributed by atoms with Crippen molar-refractivity contribution in [3.05, 3.63) is 57.2 Å². The molecule has 1 aromatic carbocycles. The minimum atomic E-state index is -0.436. The molecule has 0 atom stereocenters. The first-order valence-electron chi connectivity index (χ1n) is 7.39. The van der Waals surface area contributed by atoms with Gasteiger partial charge < -0.3 is 9.64 Å². The van der Waals surface area contributed by atoms with Crippen molar-refractivity contribution in [1.29, 1.82) is 0 Å². The number of rotatable bonds is 4. The van der Waals surface area contributed by atoms with Crippen LogP contribution in [0.4, 0.5) is 11.5 Å². The van der Waals surface area contributed by atoms with Crippen LogP contribution in [0.25, 0.3) is 0 Å². The maximum atomic E-state index is 10.7. The van der Waals surface area contributed by atoms with Crippen LogP contribution in [0.2, 0.25) is 0 Å². The topological polar surface area (TPSA) is 68.5 Å². The van der Waals surface area contributed by atoms with Crippen LogP contribution in [0.5, 0.6) is 5.75 Å². The van der Waals surface area contributed by atoms with Gasteiger partial charge in [-0.2, -0.15) is 0 Å². The third kappa shape index (κ3) is 3.98. The lowest BCUT2D eigenvalue weighted by Gasteiger charge is -2.32. The number of benzene rings is 1. The highest BCUT2D eigenvalue weighted by Gasteiger charge is 2.22. The Bertz CT molecular complexity index is 685. The molecule has 0 N–H and O–H groups in total. The number of ether oxygens (including phenoxy) is 1. The maximum absolute atomic E-state index is 10.7. The monoisotopic (exact) mass is 377 g/mol.